The Bertz CT molecular complexity index is 152. The van der Waals surface area contributed by atoms with E-state index in [1.54, 1.807) is 0 Å². The zero-order chi connectivity index (χ0) is 7.33. The second kappa shape index (κ2) is 3.81. The van der Waals surface area contributed by atoms with Crippen LogP contribution in [0.15, 0.2) is 0 Å². The number of hydrogen-bond acceptors (Lipinski definition) is 3. The first-order valence-electron chi connectivity index (χ1n) is 2.74. The number of rotatable bonds is 4. The van der Waals surface area contributed by atoms with Crippen molar-refractivity contribution in [3.05, 3.63) is 0 Å². The van der Waals surface area contributed by atoms with Crippen LogP contribution in [0.5, 0.6) is 0 Å². The summed E-state index contributed by atoms with van der Waals surface area (Å²) >= 11 is 0. The van der Waals surface area contributed by atoms with Gasteiger partial charge in [0.1, 0.15) is 5.88 Å². The molecule has 56 valence electrons. The molecular formula is C4H12N2O2S. The largest absolute Gasteiger partial charge is 0.303 e. The van der Waals surface area contributed by atoms with Gasteiger partial charge in [-0.15, -0.1) is 0 Å². The fourth-order valence-corrected chi connectivity index (χ4v) is 0.926. The molecule has 0 unspecified atom stereocenters. The van der Waals surface area contributed by atoms with Crippen molar-refractivity contribution in [3.63, 3.8) is 0 Å². The molecular weight excluding hydrogens is 140 g/mol. The van der Waals surface area contributed by atoms with Gasteiger partial charge in [-0.25, -0.2) is 13.1 Å². The van der Waals surface area contributed by atoms with Gasteiger partial charge in [-0.05, 0) is 13.6 Å². The first-order valence-corrected chi connectivity index (χ1v) is 4.39. The van der Waals surface area contributed by atoms with Crippen LogP contribution in [0.3, 0.4) is 0 Å². The van der Waals surface area contributed by atoms with Crippen molar-refractivity contribution in [2.45, 2.75) is 6.92 Å². The van der Waals surface area contributed by atoms with Crippen molar-refractivity contribution in [3.8, 4) is 0 Å². The van der Waals surface area contributed by atoms with Crippen LogP contribution in [-0.2, 0) is 10.0 Å². The standard InChI is InChI=1S/C4H12N2O2S/c1-3-6-4-9(7,8)5-2/h5-6H,3-4H2,1-2H3. The van der Waals surface area contributed by atoms with Crippen LogP contribution in [0, 0.1) is 0 Å². The highest BCUT2D eigenvalue weighted by Gasteiger charge is 2.02. The van der Waals surface area contributed by atoms with Crippen LogP contribution in [0.25, 0.3) is 0 Å². The third-order valence-corrected chi connectivity index (χ3v) is 2.06. The molecule has 0 rings (SSSR count). The zero-order valence-electron chi connectivity index (χ0n) is 5.64. The van der Waals surface area contributed by atoms with Gasteiger partial charge in [0.25, 0.3) is 0 Å². The second-order valence-electron chi connectivity index (χ2n) is 1.57. The van der Waals surface area contributed by atoms with Gasteiger partial charge >= 0.3 is 0 Å². The fourth-order valence-electron chi connectivity index (χ4n) is 0.309. The molecule has 0 aromatic carbocycles. The van der Waals surface area contributed by atoms with Gasteiger partial charge in [0.2, 0.25) is 10.0 Å². The minimum Gasteiger partial charge on any atom is -0.303 e. The van der Waals surface area contributed by atoms with Crippen LogP contribution in [0.2, 0.25) is 0 Å². The van der Waals surface area contributed by atoms with Crippen LogP contribution < -0.4 is 10.0 Å². The zero-order valence-corrected chi connectivity index (χ0v) is 6.46. The minimum absolute atomic E-state index is 0. The molecule has 0 aromatic rings. The molecule has 0 amide bonds. The summed E-state index contributed by atoms with van der Waals surface area (Å²) in [4.78, 5) is 0. The molecule has 9 heavy (non-hydrogen) atoms. The smallest absolute Gasteiger partial charge is 0.224 e. The van der Waals surface area contributed by atoms with Gasteiger partial charge < -0.3 is 5.32 Å². The molecule has 0 aliphatic rings. The monoisotopic (exact) mass is 152 g/mol. The Hall–Kier alpha value is -0.130. The molecule has 2 N–H and O–H groups in total. The molecule has 0 saturated carbocycles. The van der Waals surface area contributed by atoms with Crippen molar-refractivity contribution >= 4 is 10.0 Å². The Kier molecular flexibility index (Phi) is 3.76. The lowest BCUT2D eigenvalue weighted by atomic mass is 10.8. The first kappa shape index (κ1) is 8.87. The SMILES string of the molecule is CCNCS(=O)(=O)NC. The van der Waals surface area contributed by atoms with E-state index >= 15 is 0 Å². The quantitative estimate of drug-likeness (QED) is 0.549. The Morgan fingerprint density at radius 1 is 1.44 bits per heavy atom. The van der Waals surface area contributed by atoms with Gasteiger partial charge in [-0.1, -0.05) is 6.92 Å². The van der Waals surface area contributed by atoms with Crippen molar-refractivity contribution in [1.82, 2.24) is 10.0 Å². The van der Waals surface area contributed by atoms with Crippen molar-refractivity contribution in [1.29, 1.82) is 0 Å². The molecule has 0 aromatic heterocycles. The van der Waals surface area contributed by atoms with E-state index in [1.165, 1.54) is 7.05 Å². The van der Waals surface area contributed by atoms with Gasteiger partial charge in [0.05, 0.1) is 0 Å². The molecule has 0 saturated heterocycles. The van der Waals surface area contributed by atoms with E-state index in [0.29, 0.717) is 6.54 Å². The summed E-state index contributed by atoms with van der Waals surface area (Å²) in [6.07, 6.45) is 0. The molecule has 0 aliphatic carbocycles. The lowest BCUT2D eigenvalue weighted by Gasteiger charge is -2.00. The molecule has 0 radical (unpaired) electrons. The van der Waals surface area contributed by atoms with Crippen molar-refractivity contribution in [2.24, 2.45) is 0 Å². The highest BCUT2D eigenvalue weighted by molar-refractivity contribution is 7.89. The average molecular weight is 152 g/mol. The molecule has 0 heterocycles. The van der Waals surface area contributed by atoms with E-state index in [1.807, 2.05) is 6.92 Å². The Morgan fingerprint density at radius 3 is 2.33 bits per heavy atom. The second-order valence-corrected chi connectivity index (χ2v) is 3.49. The summed E-state index contributed by atoms with van der Waals surface area (Å²) in [7, 11) is -1.65. The van der Waals surface area contributed by atoms with E-state index in [4.69, 9.17) is 0 Å². The number of nitrogens with one attached hydrogen (secondary N) is 2. The highest BCUT2D eigenvalue weighted by atomic mass is 32.2. The van der Waals surface area contributed by atoms with Crippen molar-refractivity contribution in [2.75, 3.05) is 19.5 Å². The maximum Gasteiger partial charge on any atom is 0.224 e. The third kappa shape index (κ3) is 4.38. The molecule has 0 atom stereocenters. The van der Waals surface area contributed by atoms with E-state index in [-0.39, 0.29) is 5.88 Å². The van der Waals surface area contributed by atoms with Crippen molar-refractivity contribution < 1.29 is 8.42 Å². The van der Waals surface area contributed by atoms with Gasteiger partial charge in [0.15, 0.2) is 0 Å². The summed E-state index contributed by atoms with van der Waals surface area (Å²) in [5.74, 6) is 0. The van der Waals surface area contributed by atoms with Gasteiger partial charge in [-0.2, -0.15) is 0 Å². The predicted molar refractivity (Wildman–Crippen MR) is 36.5 cm³/mol. The Labute approximate surface area is 55.7 Å². The summed E-state index contributed by atoms with van der Waals surface area (Å²) < 4.78 is 23.4. The molecule has 0 spiro atoms. The van der Waals surface area contributed by atoms with Crippen LogP contribution in [-0.4, -0.2) is 27.9 Å². The summed E-state index contributed by atoms with van der Waals surface area (Å²) in [5.41, 5.74) is 0. The molecule has 0 bridgehead atoms. The number of sulfonamides is 1. The van der Waals surface area contributed by atoms with Crippen LogP contribution in [0.1, 0.15) is 6.92 Å². The third-order valence-electron chi connectivity index (χ3n) is 0.853. The van der Waals surface area contributed by atoms with E-state index < -0.39 is 10.0 Å². The predicted octanol–water partition coefficient (Wildman–Crippen LogP) is -0.897. The minimum atomic E-state index is -3.04. The van der Waals surface area contributed by atoms with E-state index in [9.17, 15) is 8.42 Å². The lowest BCUT2D eigenvalue weighted by Crippen LogP contribution is -2.30. The van der Waals surface area contributed by atoms with Crippen LogP contribution in [0.4, 0.5) is 0 Å². The summed E-state index contributed by atoms with van der Waals surface area (Å²) in [6.45, 7) is 2.52. The highest BCUT2D eigenvalue weighted by Crippen LogP contribution is 1.74. The fraction of sp³-hybridized carbons (Fsp3) is 1.00. The molecule has 4 nitrogen and oxygen atoms in total. The summed E-state index contributed by atoms with van der Waals surface area (Å²) in [5, 5.41) is 2.69. The lowest BCUT2D eigenvalue weighted by molar-refractivity contribution is 0.580. The maximum atomic E-state index is 10.6. The average Bonchev–Trinajstić information content (AvgIpc) is 1.84. The summed E-state index contributed by atoms with van der Waals surface area (Å²) in [6, 6.07) is 0. The maximum absolute atomic E-state index is 10.6. The Balaban J connectivity index is 3.61. The normalized spacial score (nSPS) is 11.8. The molecule has 5 heteroatoms. The van der Waals surface area contributed by atoms with E-state index in [0.717, 1.165) is 0 Å². The topological polar surface area (TPSA) is 58.2 Å². The van der Waals surface area contributed by atoms with E-state index in [2.05, 4.69) is 10.0 Å². The first-order chi connectivity index (χ1) is 4.12. The van der Waals surface area contributed by atoms with Gasteiger partial charge in [0, 0.05) is 0 Å². The molecule has 0 aliphatic heterocycles. The van der Waals surface area contributed by atoms with Gasteiger partial charge in [-0.3, -0.25) is 0 Å². The number of hydrogen-bond donors (Lipinski definition) is 2. The van der Waals surface area contributed by atoms with Crippen LogP contribution >= 0.6 is 0 Å². The Morgan fingerprint density at radius 2 is 2.00 bits per heavy atom. The molecule has 0 fully saturated rings.